The van der Waals surface area contributed by atoms with Crippen molar-refractivity contribution in [2.24, 2.45) is 0 Å². The van der Waals surface area contributed by atoms with Gasteiger partial charge in [-0.1, -0.05) is 0 Å². The molecule has 1 aromatic heterocycles. The Bertz CT molecular complexity index is 565. The van der Waals surface area contributed by atoms with Crippen molar-refractivity contribution in [1.82, 2.24) is 15.2 Å². The lowest BCUT2D eigenvalue weighted by Crippen LogP contribution is -2.40. The second kappa shape index (κ2) is 5.40. The number of aromatic amines is 1. The molecule has 21 heavy (non-hydrogen) atoms. The van der Waals surface area contributed by atoms with Gasteiger partial charge >= 0.3 is 12.0 Å². The lowest BCUT2D eigenvalue weighted by atomic mass is 10.3. The molecule has 7 heteroatoms. The van der Waals surface area contributed by atoms with Crippen LogP contribution in [-0.4, -0.2) is 52.2 Å². The van der Waals surface area contributed by atoms with Crippen molar-refractivity contribution in [2.75, 3.05) is 18.4 Å². The quantitative estimate of drug-likeness (QED) is 0.674. The molecule has 0 spiro atoms. The molecule has 1 atom stereocenters. The van der Waals surface area contributed by atoms with Crippen molar-refractivity contribution >= 4 is 17.7 Å². The first-order valence-corrected chi connectivity index (χ1v) is 7.27. The van der Waals surface area contributed by atoms with Crippen LogP contribution in [0.2, 0.25) is 0 Å². The van der Waals surface area contributed by atoms with E-state index in [0.29, 0.717) is 17.4 Å². The molecule has 1 aliphatic heterocycles. The highest BCUT2D eigenvalue weighted by atomic mass is 16.4. The van der Waals surface area contributed by atoms with Gasteiger partial charge in [-0.3, -0.25) is 4.90 Å². The lowest BCUT2D eigenvalue weighted by Gasteiger charge is -2.16. The normalized spacial score (nSPS) is 22.2. The van der Waals surface area contributed by atoms with Crippen LogP contribution in [0, 0.1) is 6.92 Å². The molecule has 1 saturated carbocycles. The molecule has 4 N–H and O–H groups in total. The number of carboxylic acids is 1. The molecule has 2 heterocycles. The second-order valence-electron chi connectivity index (χ2n) is 5.86. The number of carbonyl (C=O) groups is 2. The van der Waals surface area contributed by atoms with Gasteiger partial charge in [0.15, 0.2) is 0 Å². The Morgan fingerprint density at radius 3 is 2.81 bits per heavy atom. The highest BCUT2D eigenvalue weighted by molar-refractivity contribution is 5.99. The minimum atomic E-state index is -1.08. The zero-order valence-electron chi connectivity index (χ0n) is 12.0. The summed E-state index contributed by atoms with van der Waals surface area (Å²) in [4.78, 5) is 28.2. The number of anilines is 1. The van der Waals surface area contributed by atoms with E-state index in [4.69, 9.17) is 5.11 Å². The first-order chi connectivity index (χ1) is 10.0. The van der Waals surface area contributed by atoms with Gasteiger partial charge in [-0.2, -0.15) is 0 Å². The number of nitrogens with one attached hydrogen (secondary N) is 3. The molecule has 0 bridgehead atoms. The maximum absolute atomic E-state index is 12.0. The molecule has 2 amide bonds. The van der Waals surface area contributed by atoms with Crippen LogP contribution in [0.3, 0.4) is 0 Å². The molecule has 0 radical (unpaired) electrons. The third-order valence-electron chi connectivity index (χ3n) is 4.03. The number of hydrogen-bond acceptors (Lipinski definition) is 3. The Hall–Kier alpha value is -2.02. The van der Waals surface area contributed by atoms with Crippen LogP contribution in [0.25, 0.3) is 0 Å². The zero-order chi connectivity index (χ0) is 15.0. The van der Waals surface area contributed by atoms with Crippen LogP contribution < -0.4 is 10.6 Å². The molecule has 3 rings (SSSR count). The van der Waals surface area contributed by atoms with Gasteiger partial charge in [-0.15, -0.1) is 0 Å². The van der Waals surface area contributed by atoms with Gasteiger partial charge < -0.3 is 20.7 Å². The summed E-state index contributed by atoms with van der Waals surface area (Å²) in [5.41, 5.74) is 1.01. The standard InChI is InChI=1S/C14H20N4O3/c1-8-6-11(12(15-8)13(19)20)17-14(21)16-9-4-5-18(7-9)10-2-3-10/h6,9-10,15H,2-5,7H2,1H3,(H,19,20)(H2,16,17,21). The monoisotopic (exact) mass is 292 g/mol. The average Bonchev–Trinajstić information content (AvgIpc) is 3.05. The largest absolute Gasteiger partial charge is 0.477 e. The van der Waals surface area contributed by atoms with Crippen molar-refractivity contribution in [3.63, 3.8) is 0 Å². The summed E-state index contributed by atoms with van der Waals surface area (Å²) in [7, 11) is 0. The molecule has 1 unspecified atom stereocenters. The maximum Gasteiger partial charge on any atom is 0.354 e. The second-order valence-corrected chi connectivity index (χ2v) is 5.86. The highest BCUT2D eigenvalue weighted by Gasteiger charge is 2.34. The summed E-state index contributed by atoms with van der Waals surface area (Å²) < 4.78 is 0. The zero-order valence-corrected chi connectivity index (χ0v) is 12.0. The van der Waals surface area contributed by atoms with Crippen molar-refractivity contribution < 1.29 is 14.7 Å². The molecule has 114 valence electrons. The number of aromatic nitrogens is 1. The third kappa shape index (κ3) is 3.18. The van der Waals surface area contributed by atoms with Crippen LogP contribution >= 0.6 is 0 Å². The summed E-state index contributed by atoms with van der Waals surface area (Å²) in [6, 6.07) is 2.12. The van der Waals surface area contributed by atoms with Gasteiger partial charge in [0.1, 0.15) is 5.69 Å². The van der Waals surface area contributed by atoms with Crippen LogP contribution in [0.4, 0.5) is 10.5 Å². The Balaban J connectivity index is 1.55. The van der Waals surface area contributed by atoms with E-state index >= 15 is 0 Å². The number of carboxylic acid groups (broad SMARTS) is 1. The van der Waals surface area contributed by atoms with Gasteiger partial charge in [0.2, 0.25) is 0 Å². The summed E-state index contributed by atoms with van der Waals surface area (Å²) in [6.07, 6.45) is 3.48. The van der Waals surface area contributed by atoms with E-state index in [1.165, 1.54) is 12.8 Å². The number of hydrogen-bond donors (Lipinski definition) is 4. The fourth-order valence-electron chi connectivity index (χ4n) is 2.88. The smallest absolute Gasteiger partial charge is 0.354 e. The lowest BCUT2D eigenvalue weighted by molar-refractivity contribution is 0.0692. The highest BCUT2D eigenvalue weighted by Crippen LogP contribution is 2.29. The number of aryl methyl sites for hydroxylation is 1. The number of H-pyrrole nitrogens is 1. The van der Waals surface area contributed by atoms with Crippen molar-refractivity contribution in [3.8, 4) is 0 Å². The van der Waals surface area contributed by atoms with E-state index in [-0.39, 0.29) is 17.8 Å². The van der Waals surface area contributed by atoms with Crippen molar-refractivity contribution in [3.05, 3.63) is 17.5 Å². The van der Waals surface area contributed by atoms with Gasteiger partial charge in [-0.25, -0.2) is 9.59 Å². The number of aromatic carboxylic acids is 1. The Morgan fingerprint density at radius 2 is 2.14 bits per heavy atom. The van der Waals surface area contributed by atoms with Crippen LogP contribution in [0.15, 0.2) is 6.07 Å². The fraction of sp³-hybridized carbons (Fsp3) is 0.571. The van der Waals surface area contributed by atoms with Crippen LogP contribution in [0.5, 0.6) is 0 Å². The topological polar surface area (TPSA) is 97.5 Å². The molecule has 1 aliphatic carbocycles. The minimum absolute atomic E-state index is 0.00804. The van der Waals surface area contributed by atoms with E-state index in [2.05, 4.69) is 20.5 Å². The number of rotatable bonds is 4. The Morgan fingerprint density at radius 1 is 1.38 bits per heavy atom. The average molecular weight is 292 g/mol. The summed E-state index contributed by atoms with van der Waals surface area (Å²) in [6.45, 7) is 3.66. The Kier molecular flexibility index (Phi) is 3.59. The van der Waals surface area contributed by atoms with E-state index in [1.807, 2.05) is 0 Å². The SMILES string of the molecule is Cc1cc(NC(=O)NC2CCN(C3CC3)C2)c(C(=O)O)[nH]1. The number of urea groups is 1. The van der Waals surface area contributed by atoms with Crippen LogP contribution in [-0.2, 0) is 0 Å². The number of likely N-dealkylation sites (tertiary alicyclic amines) is 1. The Labute approximate surface area is 122 Å². The molecule has 7 nitrogen and oxygen atoms in total. The summed E-state index contributed by atoms with van der Waals surface area (Å²) in [5, 5.41) is 14.6. The minimum Gasteiger partial charge on any atom is -0.477 e. The van der Waals surface area contributed by atoms with E-state index in [0.717, 1.165) is 19.5 Å². The number of carbonyl (C=O) groups excluding carboxylic acids is 1. The number of amides is 2. The van der Waals surface area contributed by atoms with Gasteiger partial charge in [0.05, 0.1) is 5.69 Å². The molecule has 1 aromatic rings. The first-order valence-electron chi connectivity index (χ1n) is 7.27. The predicted octanol–water partition coefficient (Wildman–Crippen LogP) is 1.38. The first kappa shape index (κ1) is 13.9. The van der Waals surface area contributed by atoms with E-state index in [1.54, 1.807) is 13.0 Å². The third-order valence-corrected chi connectivity index (χ3v) is 4.03. The molecule has 1 saturated heterocycles. The van der Waals surface area contributed by atoms with Crippen LogP contribution in [0.1, 0.15) is 35.4 Å². The van der Waals surface area contributed by atoms with Crippen molar-refractivity contribution in [2.45, 2.75) is 38.3 Å². The summed E-state index contributed by atoms with van der Waals surface area (Å²) in [5.74, 6) is -1.08. The molecular weight excluding hydrogens is 272 g/mol. The molecular formula is C14H20N4O3. The van der Waals surface area contributed by atoms with Gasteiger partial charge in [-0.05, 0) is 32.3 Å². The van der Waals surface area contributed by atoms with E-state index < -0.39 is 5.97 Å². The molecule has 2 aliphatic rings. The van der Waals surface area contributed by atoms with E-state index in [9.17, 15) is 9.59 Å². The van der Waals surface area contributed by atoms with Gasteiger partial charge in [0.25, 0.3) is 0 Å². The molecule has 2 fully saturated rings. The van der Waals surface area contributed by atoms with Crippen molar-refractivity contribution in [1.29, 1.82) is 0 Å². The predicted molar refractivity (Wildman–Crippen MR) is 77.6 cm³/mol. The fourth-order valence-corrected chi connectivity index (χ4v) is 2.88. The maximum atomic E-state index is 12.0. The molecule has 0 aromatic carbocycles. The van der Waals surface area contributed by atoms with Gasteiger partial charge in [0, 0.05) is 30.9 Å². The number of nitrogens with zero attached hydrogens (tertiary/aromatic N) is 1. The summed E-state index contributed by atoms with van der Waals surface area (Å²) >= 11 is 0.